The van der Waals surface area contributed by atoms with Gasteiger partial charge in [0.25, 0.3) is 5.91 Å². The molecule has 2 amide bonds. The van der Waals surface area contributed by atoms with Crippen molar-refractivity contribution >= 4 is 47.3 Å². The lowest BCUT2D eigenvalue weighted by atomic mass is 9.96. The second-order valence-corrected chi connectivity index (χ2v) is 11.5. The molecule has 14 heteroatoms. The highest BCUT2D eigenvalue weighted by atomic mass is 32.2. The van der Waals surface area contributed by atoms with Gasteiger partial charge in [0.1, 0.15) is 22.7 Å². The number of carbonyl (C=O) groups is 4. The number of hydrogen-bond donors (Lipinski definition) is 2. The zero-order chi connectivity index (χ0) is 26.9. The number of carboxylic acid groups (broad SMARTS) is 1. The number of carbonyl (C=O) groups excluding carboxylic acids is 3. The Morgan fingerprint density at radius 3 is 2.57 bits per heavy atom. The van der Waals surface area contributed by atoms with E-state index >= 15 is 0 Å². The van der Waals surface area contributed by atoms with Gasteiger partial charge in [-0.25, -0.2) is 9.48 Å². The molecule has 3 atom stereocenters. The second-order valence-electron chi connectivity index (χ2n) is 9.40. The number of aliphatic carboxylic acids is 1. The van der Waals surface area contributed by atoms with E-state index in [0.29, 0.717) is 22.0 Å². The summed E-state index contributed by atoms with van der Waals surface area (Å²) in [5.74, 6) is -3.86. The summed E-state index contributed by atoms with van der Waals surface area (Å²) in [5, 5.41) is 23.6. The molecule has 1 aromatic carbocycles. The number of carboxylic acids is 1. The molecule has 4 rings (SSSR count). The van der Waals surface area contributed by atoms with Gasteiger partial charge in [0.15, 0.2) is 5.92 Å². The average Bonchev–Trinajstić information content (AvgIpc) is 3.24. The summed E-state index contributed by atoms with van der Waals surface area (Å²) in [5.41, 5.74) is 0.0610. The van der Waals surface area contributed by atoms with Gasteiger partial charge in [-0.3, -0.25) is 19.3 Å². The number of aromatic nitrogens is 4. The smallest absolute Gasteiger partial charge is 0.352 e. The third-order valence-electron chi connectivity index (χ3n) is 5.54. The summed E-state index contributed by atoms with van der Waals surface area (Å²) >= 11 is 2.61. The highest BCUT2D eigenvalue weighted by Gasteiger charge is 2.54. The van der Waals surface area contributed by atoms with Crippen molar-refractivity contribution in [2.45, 2.75) is 48.9 Å². The highest BCUT2D eigenvalue weighted by Crippen LogP contribution is 2.41. The number of amides is 2. The Morgan fingerprint density at radius 1 is 1.27 bits per heavy atom. The van der Waals surface area contributed by atoms with Crippen molar-refractivity contribution in [1.82, 2.24) is 30.4 Å². The maximum absolute atomic E-state index is 13.3. The van der Waals surface area contributed by atoms with Crippen molar-refractivity contribution in [3.8, 4) is 0 Å². The second kappa shape index (κ2) is 10.5. The molecule has 0 bridgehead atoms. The molecule has 1 aromatic heterocycles. The zero-order valence-corrected chi connectivity index (χ0v) is 22.2. The number of aryl methyl sites for hydroxylation is 1. The summed E-state index contributed by atoms with van der Waals surface area (Å²) in [7, 11) is 1.67. The van der Waals surface area contributed by atoms with Gasteiger partial charge in [-0.15, -0.1) is 16.9 Å². The lowest BCUT2D eigenvalue weighted by molar-refractivity contribution is -0.160. The fourth-order valence-electron chi connectivity index (χ4n) is 3.93. The molecule has 0 aliphatic carbocycles. The standard InChI is InChI=1S/C23H26N6O6S2/c1-23(2,3)35-21(34)14(12-8-6-5-7-9-12)17(30)24-15-18(31)29-16(20(32)33)13(10-36-19(15)29)11-37-22-25-26-27-28(22)4/h5-9,14-15,19H,10-11H2,1-4H3,(H,24,30)(H,32,33)/t14?,15?,19-/m0/s1. The van der Waals surface area contributed by atoms with Crippen LogP contribution in [-0.2, 0) is 31.0 Å². The molecule has 12 nitrogen and oxygen atoms in total. The van der Waals surface area contributed by atoms with E-state index in [2.05, 4.69) is 20.8 Å². The Bertz CT molecular complexity index is 1260. The third-order valence-corrected chi connectivity index (χ3v) is 7.98. The summed E-state index contributed by atoms with van der Waals surface area (Å²) in [6, 6.07) is 7.47. The number of esters is 1. The van der Waals surface area contributed by atoms with E-state index in [0.717, 1.165) is 0 Å². The van der Waals surface area contributed by atoms with E-state index in [1.54, 1.807) is 58.2 Å². The van der Waals surface area contributed by atoms with E-state index < -0.39 is 46.7 Å². The van der Waals surface area contributed by atoms with Crippen LogP contribution in [0.25, 0.3) is 0 Å². The molecule has 2 aliphatic rings. The molecule has 0 saturated carbocycles. The van der Waals surface area contributed by atoms with Crippen LogP contribution in [-0.4, -0.2) is 82.5 Å². The molecule has 196 valence electrons. The van der Waals surface area contributed by atoms with E-state index in [4.69, 9.17) is 4.74 Å². The first-order valence-corrected chi connectivity index (χ1v) is 13.3. The largest absolute Gasteiger partial charge is 0.477 e. The topological polar surface area (TPSA) is 157 Å². The first-order chi connectivity index (χ1) is 17.5. The van der Waals surface area contributed by atoms with Crippen LogP contribution in [0.2, 0.25) is 0 Å². The normalized spacial score (nSPS) is 20.1. The number of hydrogen-bond acceptors (Lipinski definition) is 10. The lowest BCUT2D eigenvalue weighted by Crippen LogP contribution is -2.71. The van der Waals surface area contributed by atoms with Gasteiger partial charge in [0.05, 0.1) is 0 Å². The molecule has 37 heavy (non-hydrogen) atoms. The number of benzene rings is 1. The van der Waals surface area contributed by atoms with E-state index in [1.807, 2.05) is 0 Å². The van der Waals surface area contributed by atoms with Crippen LogP contribution in [0.3, 0.4) is 0 Å². The maximum atomic E-state index is 13.3. The number of nitrogens with one attached hydrogen (secondary N) is 1. The van der Waals surface area contributed by atoms with Gasteiger partial charge in [-0.05, 0) is 42.3 Å². The van der Waals surface area contributed by atoms with E-state index in [9.17, 15) is 24.3 Å². The number of nitrogens with zero attached hydrogens (tertiary/aromatic N) is 5. The number of thioether (sulfide) groups is 2. The molecule has 1 saturated heterocycles. The van der Waals surface area contributed by atoms with Crippen molar-refractivity contribution in [2.75, 3.05) is 11.5 Å². The van der Waals surface area contributed by atoms with Crippen LogP contribution in [0.1, 0.15) is 32.3 Å². The first kappa shape index (κ1) is 26.7. The average molecular weight is 547 g/mol. The van der Waals surface area contributed by atoms with Gasteiger partial charge >= 0.3 is 11.9 Å². The molecule has 2 N–H and O–H groups in total. The molecular formula is C23H26N6O6S2. The minimum atomic E-state index is -1.28. The number of fused-ring (bicyclic) bond motifs is 1. The minimum Gasteiger partial charge on any atom is -0.477 e. The van der Waals surface area contributed by atoms with Crippen LogP contribution >= 0.6 is 23.5 Å². The number of tetrazole rings is 1. The Kier molecular flexibility index (Phi) is 7.59. The lowest BCUT2D eigenvalue weighted by Gasteiger charge is -2.49. The van der Waals surface area contributed by atoms with Crippen LogP contribution in [0.4, 0.5) is 0 Å². The molecule has 1 fully saturated rings. The summed E-state index contributed by atoms with van der Waals surface area (Å²) < 4.78 is 6.94. The van der Waals surface area contributed by atoms with Gasteiger partial charge in [0, 0.05) is 18.6 Å². The van der Waals surface area contributed by atoms with Crippen molar-refractivity contribution in [3.05, 3.63) is 47.2 Å². The predicted molar refractivity (Wildman–Crippen MR) is 134 cm³/mol. The van der Waals surface area contributed by atoms with Crippen molar-refractivity contribution in [3.63, 3.8) is 0 Å². The molecule has 0 radical (unpaired) electrons. The van der Waals surface area contributed by atoms with Gasteiger partial charge < -0.3 is 15.2 Å². The van der Waals surface area contributed by atoms with E-state index in [-0.39, 0.29) is 11.4 Å². The highest BCUT2D eigenvalue weighted by molar-refractivity contribution is 8.01. The van der Waals surface area contributed by atoms with Crippen molar-refractivity contribution in [1.29, 1.82) is 0 Å². The van der Waals surface area contributed by atoms with Crippen LogP contribution < -0.4 is 5.32 Å². The van der Waals surface area contributed by atoms with Gasteiger partial charge in [-0.2, -0.15) is 0 Å². The predicted octanol–water partition coefficient (Wildman–Crippen LogP) is 1.17. The Hall–Kier alpha value is -3.39. The Balaban J connectivity index is 1.51. The van der Waals surface area contributed by atoms with Crippen molar-refractivity contribution < 1.29 is 29.0 Å². The Morgan fingerprint density at radius 2 is 1.97 bits per heavy atom. The number of ether oxygens (including phenoxy) is 1. The quantitative estimate of drug-likeness (QED) is 0.212. The maximum Gasteiger partial charge on any atom is 0.352 e. The fourth-order valence-corrected chi connectivity index (χ4v) is 6.26. The summed E-state index contributed by atoms with van der Waals surface area (Å²) in [6.07, 6.45) is 0. The molecule has 2 aromatic rings. The monoisotopic (exact) mass is 546 g/mol. The van der Waals surface area contributed by atoms with Crippen LogP contribution in [0.15, 0.2) is 46.8 Å². The van der Waals surface area contributed by atoms with Crippen LogP contribution in [0.5, 0.6) is 0 Å². The van der Waals surface area contributed by atoms with Gasteiger partial charge in [0.2, 0.25) is 11.1 Å². The first-order valence-electron chi connectivity index (χ1n) is 11.3. The molecule has 0 spiro atoms. The Labute approximate surface area is 221 Å². The van der Waals surface area contributed by atoms with Crippen molar-refractivity contribution in [2.24, 2.45) is 7.05 Å². The van der Waals surface area contributed by atoms with Crippen LogP contribution in [0, 0.1) is 0 Å². The van der Waals surface area contributed by atoms with E-state index in [1.165, 1.54) is 33.1 Å². The summed E-state index contributed by atoms with van der Waals surface area (Å²) in [6.45, 7) is 5.11. The fraction of sp³-hybridized carbons (Fsp3) is 0.435. The number of β-lactam (4-membered cyclic amide) rings is 1. The van der Waals surface area contributed by atoms with Gasteiger partial charge in [-0.1, -0.05) is 42.1 Å². The molecule has 2 aliphatic heterocycles. The minimum absolute atomic E-state index is 0.103. The molecule has 3 heterocycles. The molecular weight excluding hydrogens is 520 g/mol. The molecule has 2 unspecified atom stereocenters. The third kappa shape index (κ3) is 5.64. The number of rotatable bonds is 8. The zero-order valence-electron chi connectivity index (χ0n) is 20.6. The SMILES string of the molecule is Cn1nnnc1SCC1=C(C(=O)O)N2C(=O)C(NC(=O)C(C(=O)OC(C)(C)C)c3ccccc3)[C@@H]2SC1. The summed E-state index contributed by atoms with van der Waals surface area (Å²) in [4.78, 5) is 52.6.